The maximum atomic E-state index is 13.2. The molecule has 2 aromatic rings. The van der Waals surface area contributed by atoms with Gasteiger partial charge < -0.3 is 19.0 Å². The molecular formula is C22H28N2O4. The molecule has 0 bridgehead atoms. The molecule has 0 unspecified atom stereocenters. The predicted molar refractivity (Wildman–Crippen MR) is 106 cm³/mol. The van der Waals surface area contributed by atoms with Crippen molar-refractivity contribution in [3.63, 3.8) is 0 Å². The molecule has 6 nitrogen and oxygen atoms in total. The normalized spacial score (nSPS) is 22.6. The highest BCUT2D eigenvalue weighted by molar-refractivity contribution is 5.99. The van der Waals surface area contributed by atoms with Gasteiger partial charge in [-0.1, -0.05) is 12.1 Å². The van der Waals surface area contributed by atoms with Gasteiger partial charge >= 0.3 is 0 Å². The van der Waals surface area contributed by atoms with Crippen molar-refractivity contribution >= 4 is 22.8 Å². The monoisotopic (exact) mass is 384 g/mol. The lowest BCUT2D eigenvalue weighted by atomic mass is 9.78. The van der Waals surface area contributed by atoms with Crippen LogP contribution in [0.15, 0.2) is 22.6 Å². The van der Waals surface area contributed by atoms with Gasteiger partial charge in [-0.15, -0.1) is 0 Å². The van der Waals surface area contributed by atoms with Gasteiger partial charge in [0, 0.05) is 44.2 Å². The highest BCUT2D eigenvalue weighted by Gasteiger charge is 2.49. The minimum atomic E-state index is -0.446. The van der Waals surface area contributed by atoms with Crippen LogP contribution in [0.25, 0.3) is 11.0 Å². The van der Waals surface area contributed by atoms with E-state index in [1.165, 1.54) is 0 Å². The van der Waals surface area contributed by atoms with E-state index < -0.39 is 5.41 Å². The molecule has 1 aromatic carbocycles. The molecule has 2 fully saturated rings. The number of ether oxygens (including phenoxy) is 1. The van der Waals surface area contributed by atoms with Crippen LogP contribution in [0.4, 0.5) is 0 Å². The number of piperidine rings is 1. The number of hydrogen-bond acceptors (Lipinski definition) is 4. The predicted octanol–water partition coefficient (Wildman–Crippen LogP) is 3.15. The van der Waals surface area contributed by atoms with Crippen molar-refractivity contribution < 1.29 is 18.7 Å². The number of methoxy groups -OCH3 is 1. The zero-order valence-electron chi connectivity index (χ0n) is 16.9. The zero-order chi connectivity index (χ0) is 19.9. The van der Waals surface area contributed by atoms with E-state index in [-0.39, 0.29) is 11.8 Å². The summed E-state index contributed by atoms with van der Waals surface area (Å²) in [5.41, 5.74) is 2.27. The Morgan fingerprint density at radius 2 is 2.07 bits per heavy atom. The Morgan fingerprint density at radius 3 is 2.86 bits per heavy atom. The topological polar surface area (TPSA) is 63.0 Å². The first-order valence-electron chi connectivity index (χ1n) is 10.0. The summed E-state index contributed by atoms with van der Waals surface area (Å²) in [6.07, 6.45) is 2.54. The van der Waals surface area contributed by atoms with Crippen LogP contribution in [0, 0.1) is 19.3 Å². The first-order valence-corrected chi connectivity index (χ1v) is 10.0. The minimum Gasteiger partial charge on any atom is -0.451 e. The Kier molecular flexibility index (Phi) is 4.91. The van der Waals surface area contributed by atoms with Crippen molar-refractivity contribution in [2.45, 2.75) is 33.1 Å². The molecule has 1 atom stereocenters. The number of rotatable bonds is 4. The van der Waals surface area contributed by atoms with Crippen molar-refractivity contribution in [1.29, 1.82) is 0 Å². The minimum absolute atomic E-state index is 0.106. The van der Waals surface area contributed by atoms with Crippen LogP contribution in [0.2, 0.25) is 0 Å². The van der Waals surface area contributed by atoms with Gasteiger partial charge in [0.05, 0.1) is 12.0 Å². The first kappa shape index (κ1) is 19.0. The molecule has 150 valence electrons. The molecule has 6 heteroatoms. The van der Waals surface area contributed by atoms with Crippen LogP contribution >= 0.6 is 0 Å². The second kappa shape index (κ2) is 7.24. The van der Waals surface area contributed by atoms with Gasteiger partial charge in [0.25, 0.3) is 5.91 Å². The van der Waals surface area contributed by atoms with E-state index in [0.717, 1.165) is 47.9 Å². The summed E-state index contributed by atoms with van der Waals surface area (Å²) in [7, 11) is 1.65. The molecule has 0 aliphatic carbocycles. The molecule has 2 saturated heterocycles. The van der Waals surface area contributed by atoms with E-state index >= 15 is 0 Å². The van der Waals surface area contributed by atoms with Crippen LogP contribution in [-0.4, -0.2) is 61.5 Å². The van der Waals surface area contributed by atoms with Gasteiger partial charge in [-0.3, -0.25) is 9.59 Å². The van der Waals surface area contributed by atoms with Crippen LogP contribution in [0.3, 0.4) is 0 Å². The number of likely N-dealkylation sites (tertiary alicyclic amines) is 2. The lowest BCUT2D eigenvalue weighted by Gasteiger charge is -2.39. The van der Waals surface area contributed by atoms with Gasteiger partial charge in [0.15, 0.2) is 5.76 Å². The highest BCUT2D eigenvalue weighted by Crippen LogP contribution is 2.41. The Labute approximate surface area is 165 Å². The smallest absolute Gasteiger partial charge is 0.289 e. The summed E-state index contributed by atoms with van der Waals surface area (Å²) >= 11 is 0. The van der Waals surface area contributed by atoms with E-state index in [0.29, 0.717) is 32.0 Å². The van der Waals surface area contributed by atoms with Crippen molar-refractivity contribution in [3.8, 4) is 0 Å². The molecule has 0 radical (unpaired) electrons. The Balaban J connectivity index is 1.55. The molecule has 2 aliphatic rings. The molecular weight excluding hydrogens is 356 g/mol. The van der Waals surface area contributed by atoms with E-state index in [9.17, 15) is 9.59 Å². The van der Waals surface area contributed by atoms with Gasteiger partial charge in [0.1, 0.15) is 5.58 Å². The summed E-state index contributed by atoms with van der Waals surface area (Å²) in [6, 6.07) is 5.99. The molecule has 1 aromatic heterocycles. The molecule has 4 rings (SSSR count). The number of fused-ring (bicyclic) bond motifs is 1. The van der Waals surface area contributed by atoms with Crippen molar-refractivity contribution in [1.82, 2.24) is 9.80 Å². The molecule has 0 saturated carbocycles. The fourth-order valence-electron chi connectivity index (χ4n) is 4.67. The largest absolute Gasteiger partial charge is 0.451 e. The van der Waals surface area contributed by atoms with E-state index in [1.54, 1.807) is 12.0 Å². The zero-order valence-corrected chi connectivity index (χ0v) is 16.9. The molecule has 28 heavy (non-hydrogen) atoms. The third-order valence-electron chi connectivity index (χ3n) is 6.32. The van der Waals surface area contributed by atoms with Gasteiger partial charge in [-0.25, -0.2) is 0 Å². The lowest BCUT2D eigenvalue weighted by molar-refractivity contribution is -0.146. The quantitative estimate of drug-likeness (QED) is 0.812. The average molecular weight is 384 g/mol. The molecule has 2 aliphatic heterocycles. The molecule has 2 amide bonds. The first-order chi connectivity index (χ1) is 13.4. The number of carbonyl (C=O) groups is 2. The maximum Gasteiger partial charge on any atom is 0.289 e. The Morgan fingerprint density at radius 1 is 1.25 bits per heavy atom. The molecule has 3 heterocycles. The summed E-state index contributed by atoms with van der Waals surface area (Å²) in [5.74, 6) is 0.463. The fourth-order valence-corrected chi connectivity index (χ4v) is 4.67. The number of furan rings is 1. The Hall–Kier alpha value is -2.34. The molecule has 0 N–H and O–H groups in total. The summed E-state index contributed by atoms with van der Waals surface area (Å²) in [6.45, 7) is 6.95. The number of amides is 2. The SMILES string of the molecule is COCCN1CCC[C@@]2(CCN(C(=O)c3oc4cc(C)ccc4c3C)C2)C1=O. The standard InChI is InChI=1S/C22H28N2O4/c1-15-5-6-17-16(2)19(28-18(17)13-15)20(25)24-10-8-22(14-24)7-4-9-23(21(22)26)11-12-27-3/h5-6,13H,4,7-12,14H2,1-3H3/t22-/m0/s1. The van der Waals surface area contributed by atoms with Gasteiger partial charge in [-0.2, -0.15) is 0 Å². The summed E-state index contributed by atoms with van der Waals surface area (Å²) in [4.78, 5) is 30.0. The average Bonchev–Trinajstić information content (AvgIpc) is 3.25. The number of benzene rings is 1. The number of aryl methyl sites for hydroxylation is 2. The number of carbonyl (C=O) groups excluding carboxylic acids is 2. The van der Waals surface area contributed by atoms with Crippen LogP contribution in [-0.2, 0) is 9.53 Å². The van der Waals surface area contributed by atoms with E-state index in [4.69, 9.17) is 9.15 Å². The van der Waals surface area contributed by atoms with Gasteiger partial charge in [-0.05, 0) is 44.7 Å². The fraction of sp³-hybridized carbons (Fsp3) is 0.545. The number of nitrogens with zero attached hydrogens (tertiary/aromatic N) is 2. The van der Waals surface area contributed by atoms with Crippen LogP contribution in [0.5, 0.6) is 0 Å². The third kappa shape index (κ3) is 3.09. The number of hydrogen-bond donors (Lipinski definition) is 0. The van der Waals surface area contributed by atoms with Crippen molar-refractivity contribution in [3.05, 3.63) is 35.1 Å². The van der Waals surface area contributed by atoms with Crippen molar-refractivity contribution in [2.24, 2.45) is 5.41 Å². The second-order valence-corrected chi connectivity index (χ2v) is 8.20. The lowest BCUT2D eigenvalue weighted by Crippen LogP contribution is -2.51. The maximum absolute atomic E-state index is 13.2. The van der Waals surface area contributed by atoms with Crippen molar-refractivity contribution in [2.75, 3.05) is 39.9 Å². The second-order valence-electron chi connectivity index (χ2n) is 8.20. The highest BCUT2D eigenvalue weighted by atomic mass is 16.5. The van der Waals surface area contributed by atoms with E-state index in [2.05, 4.69) is 0 Å². The van der Waals surface area contributed by atoms with E-state index in [1.807, 2.05) is 36.9 Å². The van der Waals surface area contributed by atoms with Crippen LogP contribution in [0.1, 0.15) is 40.9 Å². The summed E-state index contributed by atoms with van der Waals surface area (Å²) in [5, 5.41) is 0.974. The van der Waals surface area contributed by atoms with Crippen LogP contribution < -0.4 is 0 Å². The Bertz CT molecular complexity index is 919. The van der Waals surface area contributed by atoms with Gasteiger partial charge in [0.2, 0.25) is 5.91 Å². The molecule has 1 spiro atoms. The third-order valence-corrected chi connectivity index (χ3v) is 6.32. The summed E-state index contributed by atoms with van der Waals surface area (Å²) < 4.78 is 11.1.